The largest absolute Gasteiger partial charge is 0.497 e. The van der Waals surface area contributed by atoms with Crippen LogP contribution in [0.15, 0.2) is 48.5 Å². The van der Waals surface area contributed by atoms with E-state index in [0.717, 1.165) is 36.4 Å². The van der Waals surface area contributed by atoms with Gasteiger partial charge in [-0.2, -0.15) is 0 Å². The van der Waals surface area contributed by atoms with E-state index in [1.165, 1.54) is 12.1 Å². The molecule has 2 heterocycles. The molecule has 2 aliphatic rings. The lowest BCUT2D eigenvalue weighted by Crippen LogP contribution is -2.32. The van der Waals surface area contributed by atoms with Crippen LogP contribution < -0.4 is 9.64 Å². The normalized spacial score (nSPS) is 23.6. The summed E-state index contributed by atoms with van der Waals surface area (Å²) in [6.45, 7) is 0.851. The zero-order valence-electron chi connectivity index (χ0n) is 13.5. The van der Waals surface area contributed by atoms with Gasteiger partial charge in [-0.05, 0) is 54.8 Å². The summed E-state index contributed by atoms with van der Waals surface area (Å²) in [6, 6.07) is 13.9. The summed E-state index contributed by atoms with van der Waals surface area (Å²) in [5.41, 5.74) is 1.62. The van der Waals surface area contributed by atoms with Crippen molar-refractivity contribution in [1.29, 1.82) is 0 Å². The minimum absolute atomic E-state index is 0.0897. The summed E-state index contributed by atoms with van der Waals surface area (Å²) in [5.74, 6) is 0.553. The Hall–Kier alpha value is -2.40. The molecule has 5 heteroatoms. The Morgan fingerprint density at radius 3 is 2.67 bits per heavy atom. The highest BCUT2D eigenvalue weighted by Crippen LogP contribution is 2.42. The molecule has 2 aromatic carbocycles. The first-order valence-electron chi connectivity index (χ1n) is 8.17. The van der Waals surface area contributed by atoms with Crippen LogP contribution in [0.4, 0.5) is 10.1 Å². The molecule has 4 rings (SSSR count). The molecule has 0 spiro atoms. The predicted molar refractivity (Wildman–Crippen MR) is 89.3 cm³/mol. The van der Waals surface area contributed by atoms with Gasteiger partial charge in [0.15, 0.2) is 0 Å². The summed E-state index contributed by atoms with van der Waals surface area (Å²) < 4.78 is 18.9. The first kappa shape index (κ1) is 15.1. The number of hydrogen-bond donors (Lipinski definition) is 0. The van der Waals surface area contributed by atoms with Gasteiger partial charge in [-0.3, -0.25) is 14.6 Å². The van der Waals surface area contributed by atoms with E-state index < -0.39 is 0 Å². The van der Waals surface area contributed by atoms with E-state index in [9.17, 15) is 9.18 Å². The molecule has 2 fully saturated rings. The van der Waals surface area contributed by atoms with Gasteiger partial charge in [0.05, 0.1) is 13.2 Å². The van der Waals surface area contributed by atoms with Crippen molar-refractivity contribution in [2.75, 3.05) is 18.6 Å². The van der Waals surface area contributed by atoms with Crippen LogP contribution in [-0.4, -0.2) is 30.5 Å². The highest BCUT2D eigenvalue weighted by atomic mass is 19.1. The monoisotopic (exact) mass is 326 g/mol. The smallest absolute Gasteiger partial charge is 0.246 e. The van der Waals surface area contributed by atoms with Gasteiger partial charge in [-0.25, -0.2) is 4.39 Å². The van der Waals surface area contributed by atoms with Crippen molar-refractivity contribution >= 4 is 11.6 Å². The second kappa shape index (κ2) is 5.91. The molecule has 4 nitrogen and oxygen atoms in total. The Morgan fingerprint density at radius 2 is 1.96 bits per heavy atom. The molecule has 0 saturated carbocycles. The number of hydrogen-bond acceptors (Lipinski definition) is 3. The Morgan fingerprint density at radius 1 is 1.17 bits per heavy atom. The lowest BCUT2D eigenvalue weighted by molar-refractivity contribution is -0.119. The number of amides is 1. The molecule has 2 atom stereocenters. The maximum absolute atomic E-state index is 13.8. The fraction of sp³-hybridized carbons (Fsp3) is 0.316. The average molecular weight is 326 g/mol. The van der Waals surface area contributed by atoms with Crippen molar-refractivity contribution in [1.82, 2.24) is 4.90 Å². The van der Waals surface area contributed by atoms with E-state index in [-0.39, 0.29) is 23.9 Å². The number of carbonyl (C=O) groups excluding carboxylic acids is 1. The van der Waals surface area contributed by atoms with Crippen molar-refractivity contribution < 1.29 is 13.9 Å². The third kappa shape index (κ3) is 2.36. The molecule has 0 bridgehead atoms. The topological polar surface area (TPSA) is 32.8 Å². The van der Waals surface area contributed by atoms with Crippen LogP contribution in [0.1, 0.15) is 24.6 Å². The third-order valence-corrected chi connectivity index (χ3v) is 4.87. The summed E-state index contributed by atoms with van der Waals surface area (Å²) in [6.07, 6.45) is 1.60. The molecule has 0 N–H and O–H groups in total. The summed E-state index contributed by atoms with van der Waals surface area (Å²) in [5, 5.41) is 0. The molecular formula is C19H19FN2O2. The van der Waals surface area contributed by atoms with E-state index in [1.807, 2.05) is 30.3 Å². The number of fused-ring (bicyclic) bond motifs is 1. The van der Waals surface area contributed by atoms with Gasteiger partial charge in [0, 0.05) is 12.2 Å². The average Bonchev–Trinajstić information content (AvgIpc) is 3.17. The van der Waals surface area contributed by atoms with Crippen molar-refractivity contribution in [2.24, 2.45) is 0 Å². The standard InChI is InChI=1S/C19H19FN2O2/c1-24-16-9-7-15(8-10-16)22-18(13-4-2-5-14(20)12-13)21-11-3-6-17(21)19(22)23/h2,4-5,7-10,12,17-18H,3,6,11H2,1H3/t17-,18+/m0/s1. The van der Waals surface area contributed by atoms with E-state index >= 15 is 0 Å². The maximum Gasteiger partial charge on any atom is 0.246 e. The molecule has 0 radical (unpaired) electrons. The van der Waals surface area contributed by atoms with Gasteiger partial charge < -0.3 is 4.74 Å². The maximum atomic E-state index is 13.8. The van der Waals surface area contributed by atoms with Crippen molar-refractivity contribution in [3.05, 3.63) is 59.9 Å². The molecule has 0 aliphatic carbocycles. The number of anilines is 1. The zero-order valence-corrected chi connectivity index (χ0v) is 13.5. The molecule has 2 saturated heterocycles. The van der Waals surface area contributed by atoms with Gasteiger partial charge in [0.2, 0.25) is 5.91 Å². The SMILES string of the molecule is COc1ccc(N2C(=O)[C@@H]3CCCN3[C@H]2c2cccc(F)c2)cc1. The molecule has 124 valence electrons. The Labute approximate surface area is 140 Å². The minimum atomic E-state index is -0.280. The van der Waals surface area contributed by atoms with Crippen LogP contribution in [0.3, 0.4) is 0 Å². The fourth-order valence-corrected chi connectivity index (χ4v) is 3.80. The molecule has 0 aromatic heterocycles. The van der Waals surface area contributed by atoms with Crippen molar-refractivity contribution in [2.45, 2.75) is 25.0 Å². The van der Waals surface area contributed by atoms with E-state index in [2.05, 4.69) is 4.90 Å². The number of nitrogens with zero attached hydrogens (tertiary/aromatic N) is 2. The van der Waals surface area contributed by atoms with E-state index in [1.54, 1.807) is 18.1 Å². The quantitative estimate of drug-likeness (QED) is 0.867. The second-order valence-corrected chi connectivity index (χ2v) is 6.23. The molecule has 2 aliphatic heterocycles. The first-order chi connectivity index (χ1) is 11.7. The van der Waals surface area contributed by atoms with Crippen LogP contribution >= 0.6 is 0 Å². The molecule has 0 unspecified atom stereocenters. The molecule has 24 heavy (non-hydrogen) atoms. The summed E-state index contributed by atoms with van der Waals surface area (Å²) in [4.78, 5) is 16.9. The van der Waals surface area contributed by atoms with Crippen LogP contribution in [0.5, 0.6) is 5.75 Å². The molecule has 1 amide bonds. The highest BCUT2D eigenvalue weighted by Gasteiger charge is 2.49. The number of rotatable bonds is 3. The molecule has 2 aromatic rings. The van der Waals surface area contributed by atoms with Gasteiger partial charge in [-0.15, -0.1) is 0 Å². The van der Waals surface area contributed by atoms with Gasteiger partial charge in [-0.1, -0.05) is 12.1 Å². The number of halogens is 1. The van der Waals surface area contributed by atoms with Gasteiger partial charge >= 0.3 is 0 Å². The van der Waals surface area contributed by atoms with Crippen LogP contribution in [0, 0.1) is 5.82 Å². The fourth-order valence-electron chi connectivity index (χ4n) is 3.80. The second-order valence-electron chi connectivity index (χ2n) is 6.23. The first-order valence-corrected chi connectivity index (χ1v) is 8.17. The Balaban J connectivity index is 1.78. The van der Waals surface area contributed by atoms with Gasteiger partial charge in [0.1, 0.15) is 17.7 Å². The highest BCUT2D eigenvalue weighted by molar-refractivity contribution is 6.00. The lowest BCUT2D eigenvalue weighted by Gasteiger charge is -2.29. The van der Waals surface area contributed by atoms with Crippen molar-refractivity contribution in [3.8, 4) is 5.75 Å². The molecular weight excluding hydrogens is 307 g/mol. The number of ether oxygens (including phenoxy) is 1. The van der Waals surface area contributed by atoms with Crippen molar-refractivity contribution in [3.63, 3.8) is 0 Å². The lowest BCUT2D eigenvalue weighted by atomic mass is 10.1. The van der Waals surface area contributed by atoms with Gasteiger partial charge in [0.25, 0.3) is 0 Å². The van der Waals surface area contributed by atoms with E-state index in [4.69, 9.17) is 4.74 Å². The summed E-state index contributed by atoms with van der Waals surface area (Å²) >= 11 is 0. The Bertz CT molecular complexity index is 762. The summed E-state index contributed by atoms with van der Waals surface area (Å²) in [7, 11) is 1.61. The minimum Gasteiger partial charge on any atom is -0.497 e. The predicted octanol–water partition coefficient (Wildman–Crippen LogP) is 3.34. The van der Waals surface area contributed by atoms with E-state index in [0.29, 0.717) is 0 Å². The van der Waals surface area contributed by atoms with Crippen LogP contribution in [0.2, 0.25) is 0 Å². The number of carbonyl (C=O) groups is 1. The van der Waals surface area contributed by atoms with Crippen LogP contribution in [-0.2, 0) is 4.79 Å². The zero-order chi connectivity index (χ0) is 16.7. The number of methoxy groups -OCH3 is 1. The Kier molecular flexibility index (Phi) is 3.73. The van der Waals surface area contributed by atoms with Crippen LogP contribution in [0.25, 0.3) is 0 Å². The number of benzene rings is 2. The third-order valence-electron chi connectivity index (χ3n) is 4.87.